The van der Waals surface area contributed by atoms with E-state index in [1.54, 1.807) is 17.0 Å². The maximum atomic E-state index is 14.9. The van der Waals surface area contributed by atoms with Gasteiger partial charge >= 0.3 is 6.18 Å². The molecular weight excluding hydrogens is 469 g/mol. The molecule has 5 rings (SSSR count). The molecule has 2 aromatic heterocycles. The number of carbonyl (C=O) groups is 1. The van der Waals surface area contributed by atoms with Gasteiger partial charge in [0.05, 0.1) is 11.1 Å². The number of hydrogen-bond donors (Lipinski definition) is 1. The van der Waals surface area contributed by atoms with Crippen molar-refractivity contribution in [3.8, 4) is 11.4 Å². The maximum Gasteiger partial charge on any atom is 0.417 e. The molecule has 1 spiro atoms. The third-order valence-electron chi connectivity index (χ3n) is 6.54. The van der Waals surface area contributed by atoms with Gasteiger partial charge < -0.3 is 10.2 Å². The monoisotopic (exact) mass is 489 g/mol. The van der Waals surface area contributed by atoms with Gasteiger partial charge in [-0.05, 0) is 42.9 Å². The van der Waals surface area contributed by atoms with Crippen LogP contribution in [0.4, 0.5) is 27.8 Å². The fourth-order valence-electron chi connectivity index (χ4n) is 4.57. The van der Waals surface area contributed by atoms with Gasteiger partial charge in [-0.2, -0.15) is 13.2 Å². The van der Waals surface area contributed by atoms with E-state index in [1.807, 2.05) is 0 Å². The van der Waals surface area contributed by atoms with E-state index in [4.69, 9.17) is 0 Å². The number of aromatic nitrogens is 3. The van der Waals surface area contributed by atoms with E-state index in [0.29, 0.717) is 25.2 Å². The minimum absolute atomic E-state index is 0.0500. The smallest absolute Gasteiger partial charge is 0.366 e. The van der Waals surface area contributed by atoms with Crippen LogP contribution in [0.25, 0.3) is 11.4 Å². The summed E-state index contributed by atoms with van der Waals surface area (Å²) in [6, 6.07) is 5.79. The van der Waals surface area contributed by atoms with Gasteiger partial charge in [0.15, 0.2) is 17.5 Å². The number of rotatable bonds is 5. The van der Waals surface area contributed by atoms with E-state index in [2.05, 4.69) is 20.3 Å². The number of benzene rings is 1. The van der Waals surface area contributed by atoms with E-state index < -0.39 is 35.3 Å². The molecule has 1 aromatic carbocycles. The SMILES string of the molecule is O=C(c1c(F)cccc1-c1ncccn1)N1CC2(CC2)CC1CNc1ncc(C(F)(F)F)cc1F. The predicted molar refractivity (Wildman–Crippen MR) is 116 cm³/mol. The molecule has 35 heavy (non-hydrogen) atoms. The highest BCUT2D eigenvalue weighted by molar-refractivity contribution is 6.00. The highest BCUT2D eigenvalue weighted by Crippen LogP contribution is 2.55. The third kappa shape index (κ3) is 4.54. The minimum Gasteiger partial charge on any atom is -0.366 e. The van der Waals surface area contributed by atoms with Crippen LogP contribution in [-0.2, 0) is 6.18 Å². The van der Waals surface area contributed by atoms with Crippen LogP contribution in [0.1, 0.15) is 35.2 Å². The lowest BCUT2D eigenvalue weighted by Gasteiger charge is -2.26. The normalized spacial score (nSPS) is 18.7. The van der Waals surface area contributed by atoms with Crippen LogP contribution in [0.2, 0.25) is 0 Å². The van der Waals surface area contributed by atoms with E-state index >= 15 is 0 Å². The van der Waals surface area contributed by atoms with Gasteiger partial charge in [0, 0.05) is 43.3 Å². The first-order valence-corrected chi connectivity index (χ1v) is 11.0. The quantitative estimate of drug-likeness (QED) is 0.514. The zero-order valence-electron chi connectivity index (χ0n) is 18.3. The molecule has 2 fully saturated rings. The Kier molecular flexibility index (Phi) is 5.65. The van der Waals surface area contributed by atoms with Crippen LogP contribution in [0, 0.1) is 17.0 Å². The summed E-state index contributed by atoms with van der Waals surface area (Å²) in [6.45, 7) is 0.457. The number of carbonyl (C=O) groups excluding carboxylic acids is 1. The molecule has 6 nitrogen and oxygen atoms in total. The van der Waals surface area contributed by atoms with Gasteiger partial charge in [0.25, 0.3) is 5.91 Å². The summed E-state index contributed by atoms with van der Waals surface area (Å²) in [4.78, 5) is 27.0. The summed E-state index contributed by atoms with van der Waals surface area (Å²) in [5.41, 5.74) is -1.16. The van der Waals surface area contributed by atoms with E-state index in [1.165, 1.54) is 24.5 Å². The number of likely N-dealkylation sites (tertiary alicyclic amines) is 1. The standard InChI is InChI=1S/C24H20F5N5O/c25-17-4-1-3-16(20-30-7-2-8-31-20)19(17)22(35)34-13-23(5-6-23)10-15(34)12-33-21-18(26)9-14(11-32-21)24(27,28)29/h1-4,7-9,11,15H,5-6,10,12-13H2,(H,32,33). The summed E-state index contributed by atoms with van der Waals surface area (Å²) in [5.74, 6) is -2.52. The molecule has 0 bridgehead atoms. The molecule has 11 heteroatoms. The molecule has 1 atom stereocenters. The van der Waals surface area contributed by atoms with Gasteiger partial charge in [-0.1, -0.05) is 12.1 Å². The second-order valence-electron chi connectivity index (χ2n) is 8.96. The summed E-state index contributed by atoms with van der Waals surface area (Å²) >= 11 is 0. The van der Waals surface area contributed by atoms with Gasteiger partial charge in [-0.25, -0.2) is 23.7 Å². The summed E-state index contributed by atoms with van der Waals surface area (Å²) in [6.07, 6.45) is 1.26. The Bertz CT molecular complexity index is 1260. The molecule has 1 aliphatic heterocycles. The molecular formula is C24H20F5N5O. The fraction of sp³-hybridized carbons (Fsp3) is 0.333. The number of halogens is 5. The lowest BCUT2D eigenvalue weighted by molar-refractivity contribution is -0.138. The molecule has 1 unspecified atom stereocenters. The Labute approximate surface area is 197 Å². The van der Waals surface area contributed by atoms with Crippen LogP contribution in [0.5, 0.6) is 0 Å². The van der Waals surface area contributed by atoms with Crippen molar-refractivity contribution in [1.29, 1.82) is 0 Å². The summed E-state index contributed by atoms with van der Waals surface area (Å²) in [7, 11) is 0. The largest absolute Gasteiger partial charge is 0.417 e. The number of nitrogens with zero attached hydrogens (tertiary/aromatic N) is 4. The average molecular weight is 489 g/mol. The summed E-state index contributed by atoms with van der Waals surface area (Å²) in [5, 5.41) is 2.73. The third-order valence-corrected chi connectivity index (χ3v) is 6.54. The lowest BCUT2D eigenvalue weighted by Crippen LogP contribution is -2.40. The lowest BCUT2D eigenvalue weighted by atomic mass is 10.0. The molecule has 3 aromatic rings. The molecule has 3 heterocycles. The van der Waals surface area contributed by atoms with Crippen LogP contribution in [0.3, 0.4) is 0 Å². The zero-order valence-corrected chi connectivity index (χ0v) is 18.3. The number of nitrogens with one attached hydrogen (secondary N) is 1. The second kappa shape index (κ2) is 8.54. The predicted octanol–water partition coefficient (Wildman–Crippen LogP) is 4.94. The Morgan fingerprint density at radius 3 is 2.49 bits per heavy atom. The number of alkyl halides is 3. The van der Waals surface area contributed by atoms with Crippen molar-refractivity contribution < 1.29 is 26.7 Å². The van der Waals surface area contributed by atoms with E-state index in [9.17, 15) is 26.7 Å². The van der Waals surface area contributed by atoms with Gasteiger partial charge in [0.2, 0.25) is 0 Å². The van der Waals surface area contributed by atoms with Crippen molar-refractivity contribution >= 4 is 11.7 Å². The number of anilines is 1. The van der Waals surface area contributed by atoms with Crippen LogP contribution >= 0.6 is 0 Å². The van der Waals surface area contributed by atoms with Crippen molar-refractivity contribution in [2.75, 3.05) is 18.4 Å². The maximum absolute atomic E-state index is 14.9. The Hall–Kier alpha value is -3.63. The summed E-state index contributed by atoms with van der Waals surface area (Å²) < 4.78 is 67.6. The molecule has 1 saturated carbocycles. The van der Waals surface area contributed by atoms with Crippen molar-refractivity contribution in [2.45, 2.75) is 31.5 Å². The first-order valence-electron chi connectivity index (χ1n) is 11.0. The van der Waals surface area contributed by atoms with Gasteiger partial charge in [0.1, 0.15) is 5.82 Å². The molecule has 1 saturated heterocycles. The minimum atomic E-state index is -4.71. The number of amides is 1. The highest BCUT2D eigenvalue weighted by Gasteiger charge is 2.53. The van der Waals surface area contributed by atoms with Gasteiger partial charge in [-0.15, -0.1) is 0 Å². The Morgan fingerprint density at radius 2 is 1.83 bits per heavy atom. The van der Waals surface area contributed by atoms with Gasteiger partial charge in [-0.3, -0.25) is 4.79 Å². The van der Waals surface area contributed by atoms with E-state index in [-0.39, 0.29) is 34.7 Å². The Balaban J connectivity index is 1.40. The first-order chi connectivity index (χ1) is 16.7. The molecule has 1 amide bonds. The molecule has 1 N–H and O–H groups in total. The molecule has 0 radical (unpaired) electrons. The van der Waals surface area contributed by atoms with E-state index in [0.717, 1.165) is 12.8 Å². The topological polar surface area (TPSA) is 71.0 Å². The first kappa shape index (κ1) is 23.1. The van der Waals surface area contributed by atoms with Crippen molar-refractivity contribution in [1.82, 2.24) is 19.9 Å². The number of hydrogen-bond acceptors (Lipinski definition) is 5. The van der Waals surface area contributed by atoms with Crippen molar-refractivity contribution in [3.63, 3.8) is 0 Å². The fourth-order valence-corrected chi connectivity index (χ4v) is 4.57. The molecule has 182 valence electrons. The van der Waals surface area contributed by atoms with Crippen LogP contribution in [-0.4, -0.2) is 44.9 Å². The molecule has 1 aliphatic carbocycles. The molecule has 2 aliphatic rings. The average Bonchev–Trinajstić information content (AvgIpc) is 3.48. The zero-order chi connectivity index (χ0) is 24.8. The van der Waals surface area contributed by atoms with Crippen molar-refractivity contribution in [3.05, 3.63) is 71.7 Å². The number of pyridine rings is 1. The second-order valence-corrected chi connectivity index (χ2v) is 8.96. The Morgan fingerprint density at radius 1 is 1.09 bits per heavy atom. The van der Waals surface area contributed by atoms with Crippen LogP contribution < -0.4 is 5.32 Å². The van der Waals surface area contributed by atoms with Crippen LogP contribution in [0.15, 0.2) is 48.9 Å². The highest BCUT2D eigenvalue weighted by atomic mass is 19.4. The van der Waals surface area contributed by atoms with Crippen molar-refractivity contribution in [2.24, 2.45) is 5.41 Å².